The highest BCUT2D eigenvalue weighted by Gasteiger charge is 2.38. The number of hydrogen-bond acceptors (Lipinski definition) is 2. The smallest absolute Gasteiger partial charge is 0.200 e. The van der Waals surface area contributed by atoms with E-state index in [9.17, 15) is 26.7 Å². The van der Waals surface area contributed by atoms with Crippen molar-refractivity contribution < 1.29 is 26.7 Å². The van der Waals surface area contributed by atoms with Crippen molar-refractivity contribution in [2.75, 3.05) is 0 Å². The molecule has 1 heterocycles. The molecule has 0 amide bonds. The summed E-state index contributed by atoms with van der Waals surface area (Å²) in [5, 5.41) is 4.14. The third kappa shape index (κ3) is 2.94. The molecule has 1 aromatic heterocycles. The highest BCUT2D eigenvalue weighted by Crippen LogP contribution is 2.41. The molecular weight excluding hydrogens is 391 g/mol. The van der Waals surface area contributed by atoms with E-state index in [1.807, 2.05) is 13.8 Å². The van der Waals surface area contributed by atoms with Crippen LogP contribution >= 0.6 is 0 Å². The van der Waals surface area contributed by atoms with Gasteiger partial charge in [0.1, 0.15) is 5.69 Å². The van der Waals surface area contributed by atoms with Crippen LogP contribution in [0.25, 0.3) is 16.9 Å². The quantitative estimate of drug-likeness (QED) is 0.325. The molecule has 0 fully saturated rings. The summed E-state index contributed by atoms with van der Waals surface area (Å²) in [7, 11) is 0. The molecule has 0 saturated carbocycles. The number of Topliss-reactive ketones (excluding diaryl/α,β-unsaturated/α-hetero) is 1. The molecule has 0 aliphatic heterocycles. The number of nitrogens with zero attached hydrogens (tertiary/aromatic N) is 2. The summed E-state index contributed by atoms with van der Waals surface area (Å²) in [6.07, 6.45) is 0.485. The van der Waals surface area contributed by atoms with Gasteiger partial charge in [0.2, 0.25) is 5.82 Å². The zero-order valence-electron chi connectivity index (χ0n) is 15.5. The second kappa shape index (κ2) is 6.50. The molecule has 150 valence electrons. The summed E-state index contributed by atoms with van der Waals surface area (Å²) in [5.41, 5.74) is -0.885. The van der Waals surface area contributed by atoms with Crippen molar-refractivity contribution in [2.45, 2.75) is 26.7 Å². The molecule has 4 rings (SSSR count). The molecule has 2 aromatic carbocycles. The molecule has 0 atom stereocenters. The monoisotopic (exact) mass is 406 g/mol. The van der Waals surface area contributed by atoms with Gasteiger partial charge in [-0.3, -0.25) is 4.79 Å². The molecule has 0 bridgehead atoms. The predicted octanol–water partition coefficient (Wildman–Crippen LogP) is 5.39. The van der Waals surface area contributed by atoms with E-state index in [0.717, 1.165) is 0 Å². The number of carbonyl (C=O) groups excluding carboxylic acids is 1. The van der Waals surface area contributed by atoms with Gasteiger partial charge in [-0.2, -0.15) is 5.10 Å². The van der Waals surface area contributed by atoms with Crippen LogP contribution in [0.5, 0.6) is 0 Å². The Morgan fingerprint density at radius 3 is 2.00 bits per heavy atom. The van der Waals surface area contributed by atoms with Crippen LogP contribution in [0, 0.1) is 34.5 Å². The Morgan fingerprint density at radius 1 is 0.862 bits per heavy atom. The Bertz CT molecular complexity index is 1120. The van der Waals surface area contributed by atoms with Crippen molar-refractivity contribution in [3.8, 4) is 16.9 Å². The van der Waals surface area contributed by atoms with Crippen LogP contribution in [0.4, 0.5) is 22.0 Å². The second-order valence-corrected chi connectivity index (χ2v) is 7.81. The molecule has 0 saturated heterocycles. The summed E-state index contributed by atoms with van der Waals surface area (Å²) >= 11 is 0. The van der Waals surface area contributed by atoms with Gasteiger partial charge in [-0.1, -0.05) is 44.2 Å². The molecule has 3 aromatic rings. The molecule has 0 unspecified atom stereocenters. The summed E-state index contributed by atoms with van der Waals surface area (Å²) in [5.74, 6) is -10.7. The fourth-order valence-electron chi connectivity index (χ4n) is 3.72. The average molecular weight is 406 g/mol. The predicted molar refractivity (Wildman–Crippen MR) is 95.2 cm³/mol. The molecule has 8 heteroatoms. The summed E-state index contributed by atoms with van der Waals surface area (Å²) in [6.45, 7) is 3.68. The summed E-state index contributed by atoms with van der Waals surface area (Å²) in [6, 6.07) is 8.11. The highest BCUT2D eigenvalue weighted by molar-refractivity contribution is 6.04. The van der Waals surface area contributed by atoms with Gasteiger partial charge in [0.25, 0.3) is 0 Å². The number of aromatic nitrogens is 2. The third-order valence-corrected chi connectivity index (χ3v) is 4.97. The first-order valence-electron chi connectivity index (χ1n) is 8.84. The van der Waals surface area contributed by atoms with Crippen LogP contribution < -0.4 is 0 Å². The van der Waals surface area contributed by atoms with Gasteiger partial charge in [0.05, 0.1) is 17.0 Å². The standard InChI is InChI=1S/C21H15F5N2O/c1-21(2)8-11-13(12(29)9-21)19(10-6-4-3-5-7-10)28(27-11)20-17(25)15(23)14(22)16(24)18(20)26/h3-7H,8-9H2,1-2H3. The topological polar surface area (TPSA) is 34.9 Å². The average Bonchev–Trinajstić information content (AvgIpc) is 3.03. The Labute approximate surface area is 162 Å². The lowest BCUT2D eigenvalue weighted by Gasteiger charge is -2.27. The number of ketones is 1. The van der Waals surface area contributed by atoms with E-state index in [1.54, 1.807) is 30.3 Å². The van der Waals surface area contributed by atoms with E-state index in [-0.39, 0.29) is 29.2 Å². The lowest BCUT2D eigenvalue weighted by atomic mass is 9.75. The molecule has 0 spiro atoms. The Balaban J connectivity index is 2.11. The van der Waals surface area contributed by atoms with Gasteiger partial charge in [0.15, 0.2) is 29.1 Å². The molecule has 1 aliphatic carbocycles. The van der Waals surface area contributed by atoms with Crippen molar-refractivity contribution in [3.05, 3.63) is 70.7 Å². The van der Waals surface area contributed by atoms with E-state index in [4.69, 9.17) is 0 Å². The van der Waals surface area contributed by atoms with E-state index >= 15 is 0 Å². The number of rotatable bonds is 2. The van der Waals surface area contributed by atoms with Crippen LogP contribution in [0.15, 0.2) is 30.3 Å². The van der Waals surface area contributed by atoms with E-state index in [2.05, 4.69) is 5.10 Å². The van der Waals surface area contributed by atoms with E-state index in [0.29, 0.717) is 16.7 Å². The zero-order chi connectivity index (χ0) is 21.1. The normalized spacial score (nSPS) is 15.5. The molecule has 0 N–H and O–H groups in total. The van der Waals surface area contributed by atoms with E-state index in [1.165, 1.54) is 0 Å². The van der Waals surface area contributed by atoms with Crippen LogP contribution in [0.3, 0.4) is 0 Å². The number of carbonyl (C=O) groups is 1. The van der Waals surface area contributed by atoms with Crippen LogP contribution in [0.1, 0.15) is 36.3 Å². The first kappa shape index (κ1) is 19.3. The fourth-order valence-corrected chi connectivity index (χ4v) is 3.72. The van der Waals surface area contributed by atoms with Gasteiger partial charge >= 0.3 is 0 Å². The van der Waals surface area contributed by atoms with Crippen LogP contribution in [-0.2, 0) is 6.42 Å². The van der Waals surface area contributed by atoms with Crippen LogP contribution in [-0.4, -0.2) is 15.6 Å². The lowest BCUT2D eigenvalue weighted by molar-refractivity contribution is 0.0912. The van der Waals surface area contributed by atoms with Gasteiger partial charge in [-0.05, 0) is 11.8 Å². The summed E-state index contributed by atoms with van der Waals surface area (Å²) < 4.78 is 70.9. The summed E-state index contributed by atoms with van der Waals surface area (Å²) in [4.78, 5) is 12.8. The van der Waals surface area contributed by atoms with Gasteiger partial charge in [-0.15, -0.1) is 0 Å². The van der Waals surface area contributed by atoms with Gasteiger partial charge in [-0.25, -0.2) is 26.6 Å². The second-order valence-electron chi connectivity index (χ2n) is 7.81. The SMILES string of the molecule is CC1(C)CC(=O)c2c(nn(-c3c(F)c(F)c(F)c(F)c3F)c2-c2ccccc2)C1. The van der Waals surface area contributed by atoms with Crippen molar-refractivity contribution in [1.82, 2.24) is 9.78 Å². The van der Waals surface area contributed by atoms with E-state index < -0.39 is 40.2 Å². The minimum Gasteiger partial charge on any atom is -0.294 e. The molecule has 3 nitrogen and oxygen atoms in total. The maximum absolute atomic E-state index is 14.5. The Morgan fingerprint density at radius 2 is 1.41 bits per heavy atom. The zero-order valence-corrected chi connectivity index (χ0v) is 15.5. The molecule has 1 aliphatic rings. The Hall–Kier alpha value is -3.03. The number of halogens is 5. The highest BCUT2D eigenvalue weighted by atomic mass is 19.2. The molecule has 0 radical (unpaired) electrons. The van der Waals surface area contributed by atoms with Crippen LogP contribution in [0.2, 0.25) is 0 Å². The number of fused-ring (bicyclic) bond motifs is 1. The van der Waals surface area contributed by atoms with Crippen molar-refractivity contribution in [1.29, 1.82) is 0 Å². The first-order valence-corrected chi connectivity index (χ1v) is 8.84. The maximum Gasteiger partial charge on any atom is 0.200 e. The molecular formula is C21H15F5N2O. The minimum absolute atomic E-state index is 0.00399. The maximum atomic E-state index is 14.5. The first-order chi connectivity index (χ1) is 13.6. The minimum atomic E-state index is -2.25. The fraction of sp³-hybridized carbons (Fsp3) is 0.238. The van der Waals surface area contributed by atoms with Crippen molar-refractivity contribution in [2.24, 2.45) is 5.41 Å². The largest absolute Gasteiger partial charge is 0.294 e. The van der Waals surface area contributed by atoms with Crippen molar-refractivity contribution in [3.63, 3.8) is 0 Å². The number of benzene rings is 2. The third-order valence-electron chi connectivity index (χ3n) is 4.97. The lowest BCUT2D eigenvalue weighted by Crippen LogP contribution is -2.26. The number of hydrogen-bond donors (Lipinski definition) is 0. The molecule has 29 heavy (non-hydrogen) atoms. The Kier molecular flexibility index (Phi) is 4.33. The van der Waals surface area contributed by atoms with Gasteiger partial charge in [0, 0.05) is 12.0 Å². The van der Waals surface area contributed by atoms with Gasteiger partial charge < -0.3 is 0 Å². The van der Waals surface area contributed by atoms with Crippen molar-refractivity contribution >= 4 is 5.78 Å².